The quantitative estimate of drug-likeness (QED) is 0.631. The molecule has 0 unspecified atom stereocenters. The number of anilines is 1. The van der Waals surface area contributed by atoms with E-state index in [0.717, 1.165) is 18.2 Å². The van der Waals surface area contributed by atoms with Crippen LogP contribution in [-0.4, -0.2) is 16.9 Å². The molecule has 0 heterocycles. The Morgan fingerprint density at radius 1 is 1.47 bits per heavy atom. The van der Waals surface area contributed by atoms with Gasteiger partial charge in [0.1, 0.15) is 5.82 Å². The zero-order valence-electron chi connectivity index (χ0n) is 10.7. The first kappa shape index (κ1) is 15.0. The molecule has 0 aliphatic carbocycles. The molecule has 0 bridgehead atoms. The summed E-state index contributed by atoms with van der Waals surface area (Å²) in [6.07, 6.45) is 0.475. The minimum atomic E-state index is -0.790. The van der Waals surface area contributed by atoms with Crippen LogP contribution in [0.5, 0.6) is 0 Å². The molecule has 0 radical (unpaired) electrons. The van der Waals surface area contributed by atoms with Crippen molar-refractivity contribution in [1.82, 2.24) is 0 Å². The number of carbonyl (C=O) groups is 1. The van der Waals surface area contributed by atoms with E-state index in [4.69, 9.17) is 5.73 Å². The Morgan fingerprint density at radius 3 is 2.63 bits per heavy atom. The molecule has 0 aliphatic heterocycles. The summed E-state index contributed by atoms with van der Waals surface area (Å²) in [5, 5.41) is 12.9. The molecule has 0 aromatic heterocycles. The van der Waals surface area contributed by atoms with Gasteiger partial charge in [-0.05, 0) is 18.4 Å². The lowest BCUT2D eigenvalue weighted by molar-refractivity contribution is -0.385. The van der Waals surface area contributed by atoms with E-state index in [2.05, 4.69) is 5.32 Å². The summed E-state index contributed by atoms with van der Waals surface area (Å²) in [5.41, 5.74) is 5.26. The number of nitro benzene ring substituents is 1. The summed E-state index contributed by atoms with van der Waals surface area (Å²) in [5.74, 6) is -1.04. The summed E-state index contributed by atoms with van der Waals surface area (Å²) >= 11 is 0. The molecule has 3 N–H and O–H groups in total. The molecular weight excluding hydrogens is 253 g/mol. The van der Waals surface area contributed by atoms with Gasteiger partial charge in [-0.15, -0.1) is 0 Å². The topological polar surface area (TPSA) is 98.3 Å². The van der Waals surface area contributed by atoms with E-state index >= 15 is 0 Å². The third-order valence-corrected chi connectivity index (χ3v) is 2.42. The van der Waals surface area contributed by atoms with E-state index in [1.54, 1.807) is 0 Å². The minimum absolute atomic E-state index is 0.0240. The van der Waals surface area contributed by atoms with Crippen molar-refractivity contribution in [3.8, 4) is 0 Å². The average Bonchev–Trinajstić information content (AvgIpc) is 2.26. The van der Waals surface area contributed by atoms with Crippen LogP contribution in [0.15, 0.2) is 18.2 Å². The van der Waals surface area contributed by atoms with Gasteiger partial charge in [-0.1, -0.05) is 13.8 Å². The molecule has 6 nitrogen and oxygen atoms in total. The van der Waals surface area contributed by atoms with Gasteiger partial charge in [0.15, 0.2) is 0 Å². The van der Waals surface area contributed by atoms with E-state index in [1.165, 1.54) is 0 Å². The highest BCUT2D eigenvalue weighted by molar-refractivity contribution is 5.94. The van der Waals surface area contributed by atoms with Crippen LogP contribution >= 0.6 is 0 Å². The SMILES string of the molecule is CC(C)C[C@H](N)C(=O)Nc1cc(F)cc([N+](=O)[O-])c1. The van der Waals surface area contributed by atoms with Crippen LogP contribution in [-0.2, 0) is 4.79 Å². The minimum Gasteiger partial charge on any atom is -0.324 e. The number of nitrogens with one attached hydrogen (secondary N) is 1. The van der Waals surface area contributed by atoms with Gasteiger partial charge in [-0.25, -0.2) is 4.39 Å². The lowest BCUT2D eigenvalue weighted by Crippen LogP contribution is -2.36. The Balaban J connectivity index is 2.82. The van der Waals surface area contributed by atoms with Crippen molar-refractivity contribution < 1.29 is 14.1 Å². The third-order valence-electron chi connectivity index (χ3n) is 2.42. The first-order valence-electron chi connectivity index (χ1n) is 5.81. The van der Waals surface area contributed by atoms with Gasteiger partial charge in [-0.3, -0.25) is 14.9 Å². The maximum Gasteiger partial charge on any atom is 0.274 e. The Hall–Kier alpha value is -2.02. The molecule has 7 heteroatoms. The van der Waals surface area contributed by atoms with Crippen LogP contribution in [0.4, 0.5) is 15.8 Å². The van der Waals surface area contributed by atoms with Crippen LogP contribution in [0, 0.1) is 21.8 Å². The van der Waals surface area contributed by atoms with E-state index in [0.29, 0.717) is 6.42 Å². The molecule has 1 aromatic carbocycles. The van der Waals surface area contributed by atoms with Gasteiger partial charge in [0.25, 0.3) is 5.69 Å². The summed E-state index contributed by atoms with van der Waals surface area (Å²) in [6.45, 7) is 3.83. The Bertz CT molecular complexity index is 491. The Labute approximate surface area is 109 Å². The van der Waals surface area contributed by atoms with Gasteiger partial charge in [0.2, 0.25) is 5.91 Å². The second-order valence-corrected chi connectivity index (χ2v) is 4.68. The van der Waals surface area contributed by atoms with E-state index < -0.39 is 28.4 Å². The number of hydrogen-bond donors (Lipinski definition) is 2. The van der Waals surface area contributed by atoms with Crippen LogP contribution in [0.3, 0.4) is 0 Å². The van der Waals surface area contributed by atoms with Gasteiger partial charge < -0.3 is 11.1 Å². The van der Waals surface area contributed by atoms with Crippen molar-refractivity contribution in [2.75, 3.05) is 5.32 Å². The molecule has 0 spiro atoms. The molecule has 0 aliphatic rings. The Morgan fingerprint density at radius 2 is 2.11 bits per heavy atom. The van der Waals surface area contributed by atoms with Crippen LogP contribution < -0.4 is 11.1 Å². The number of nitro groups is 1. The van der Waals surface area contributed by atoms with Gasteiger partial charge in [0.05, 0.1) is 22.7 Å². The fourth-order valence-electron chi connectivity index (χ4n) is 1.60. The fraction of sp³-hybridized carbons (Fsp3) is 0.417. The van der Waals surface area contributed by atoms with E-state index in [1.807, 2.05) is 13.8 Å². The second-order valence-electron chi connectivity index (χ2n) is 4.68. The number of non-ortho nitro benzene ring substituents is 1. The number of benzene rings is 1. The number of nitrogens with zero attached hydrogens (tertiary/aromatic N) is 1. The van der Waals surface area contributed by atoms with Crippen molar-refractivity contribution in [3.63, 3.8) is 0 Å². The largest absolute Gasteiger partial charge is 0.324 e. The lowest BCUT2D eigenvalue weighted by Gasteiger charge is -2.14. The molecule has 1 rings (SSSR count). The molecular formula is C12H16FN3O3. The van der Waals surface area contributed by atoms with Gasteiger partial charge in [0, 0.05) is 6.07 Å². The first-order chi connectivity index (χ1) is 8.79. The van der Waals surface area contributed by atoms with Crippen LogP contribution in [0.2, 0.25) is 0 Å². The van der Waals surface area contributed by atoms with Crippen molar-refractivity contribution in [2.24, 2.45) is 11.7 Å². The number of halogens is 1. The molecule has 1 atom stereocenters. The van der Waals surface area contributed by atoms with Gasteiger partial charge >= 0.3 is 0 Å². The smallest absolute Gasteiger partial charge is 0.274 e. The van der Waals surface area contributed by atoms with Gasteiger partial charge in [-0.2, -0.15) is 0 Å². The highest BCUT2D eigenvalue weighted by atomic mass is 19.1. The number of rotatable bonds is 5. The number of amides is 1. The molecule has 1 amide bonds. The molecule has 19 heavy (non-hydrogen) atoms. The predicted octanol–water partition coefficient (Wildman–Crippen LogP) is 2.05. The molecule has 0 fully saturated rings. The van der Waals surface area contributed by atoms with Crippen LogP contribution in [0.25, 0.3) is 0 Å². The fourth-order valence-corrected chi connectivity index (χ4v) is 1.60. The molecule has 0 saturated heterocycles. The maximum absolute atomic E-state index is 13.2. The first-order valence-corrected chi connectivity index (χ1v) is 5.81. The zero-order valence-corrected chi connectivity index (χ0v) is 10.7. The average molecular weight is 269 g/mol. The summed E-state index contributed by atoms with van der Waals surface area (Å²) in [4.78, 5) is 21.6. The number of carbonyl (C=O) groups excluding carboxylic acids is 1. The highest BCUT2D eigenvalue weighted by Crippen LogP contribution is 2.20. The highest BCUT2D eigenvalue weighted by Gasteiger charge is 2.17. The van der Waals surface area contributed by atoms with Crippen molar-refractivity contribution in [1.29, 1.82) is 0 Å². The summed E-state index contributed by atoms with van der Waals surface area (Å²) in [7, 11) is 0. The zero-order chi connectivity index (χ0) is 14.6. The third kappa shape index (κ3) is 4.63. The van der Waals surface area contributed by atoms with Crippen LogP contribution in [0.1, 0.15) is 20.3 Å². The molecule has 1 aromatic rings. The monoisotopic (exact) mass is 269 g/mol. The summed E-state index contributed by atoms with van der Waals surface area (Å²) < 4.78 is 13.2. The van der Waals surface area contributed by atoms with E-state index in [9.17, 15) is 19.3 Å². The van der Waals surface area contributed by atoms with Crippen molar-refractivity contribution in [2.45, 2.75) is 26.3 Å². The Kier molecular flexibility index (Phi) is 4.94. The van der Waals surface area contributed by atoms with E-state index in [-0.39, 0.29) is 11.6 Å². The standard InChI is InChI=1S/C12H16FN3O3/c1-7(2)3-11(14)12(17)15-9-4-8(13)5-10(6-9)16(18)19/h4-7,11H,3,14H2,1-2H3,(H,15,17)/t11-/m0/s1. The summed E-state index contributed by atoms with van der Waals surface area (Å²) in [6, 6.07) is 2.14. The lowest BCUT2D eigenvalue weighted by atomic mass is 10.0. The van der Waals surface area contributed by atoms with Crippen molar-refractivity contribution in [3.05, 3.63) is 34.1 Å². The maximum atomic E-state index is 13.2. The van der Waals surface area contributed by atoms with Crippen molar-refractivity contribution >= 4 is 17.3 Å². The second kappa shape index (κ2) is 6.24. The molecule has 104 valence electrons. The number of hydrogen-bond acceptors (Lipinski definition) is 4. The number of nitrogens with two attached hydrogens (primary N) is 1. The normalized spacial score (nSPS) is 12.3. The molecule has 0 saturated carbocycles. The predicted molar refractivity (Wildman–Crippen MR) is 69.1 cm³/mol.